The molecule has 0 saturated carbocycles. The number of carbonyl (C=O) groups is 2. The SMILES string of the molecule is C=C1CC2C=Nc3cc(OCc4cc(COc5cc6c(cc5OC)C(=O)N5CC(=C)CC5C=N6)cc(N5CCN(CCCN)CC5)c4)c(OC)cc3C(=O)N2C1. The number of methoxy groups -OCH3 is 2. The van der Waals surface area contributed by atoms with Gasteiger partial charge in [0.2, 0.25) is 0 Å². The Morgan fingerprint density at radius 1 is 0.696 bits per heavy atom. The fraction of sp³-hybridized carbons (Fsp3) is 0.395. The minimum Gasteiger partial charge on any atom is -0.493 e. The minimum absolute atomic E-state index is 0.0948. The number of carbonyl (C=O) groups excluding carboxylic acids is 2. The summed E-state index contributed by atoms with van der Waals surface area (Å²) in [7, 11) is 3.14. The topological polar surface area (TPSA) is 135 Å². The average Bonchev–Trinajstić information content (AvgIpc) is 3.73. The molecule has 56 heavy (non-hydrogen) atoms. The maximum absolute atomic E-state index is 13.5. The van der Waals surface area contributed by atoms with Crippen molar-refractivity contribution in [2.24, 2.45) is 15.7 Å². The molecule has 0 radical (unpaired) electrons. The predicted molar refractivity (Wildman–Crippen MR) is 217 cm³/mol. The van der Waals surface area contributed by atoms with Gasteiger partial charge in [0.05, 0.1) is 48.8 Å². The molecule has 3 aromatic carbocycles. The summed E-state index contributed by atoms with van der Waals surface area (Å²) < 4.78 is 24.4. The smallest absolute Gasteiger partial charge is 0.257 e. The van der Waals surface area contributed by atoms with Crippen molar-refractivity contribution in [2.75, 3.05) is 71.5 Å². The Kier molecular flexibility index (Phi) is 10.5. The molecule has 3 aromatic rings. The summed E-state index contributed by atoms with van der Waals surface area (Å²) in [5, 5.41) is 0. The summed E-state index contributed by atoms with van der Waals surface area (Å²) in [5.74, 6) is 1.71. The van der Waals surface area contributed by atoms with Gasteiger partial charge in [0.25, 0.3) is 11.8 Å². The van der Waals surface area contributed by atoms with Crippen molar-refractivity contribution >= 4 is 41.3 Å². The third-order valence-corrected chi connectivity index (χ3v) is 11.1. The molecule has 0 spiro atoms. The van der Waals surface area contributed by atoms with Crippen LogP contribution in [0, 0.1) is 0 Å². The number of benzene rings is 3. The summed E-state index contributed by atoms with van der Waals surface area (Å²) in [4.78, 5) is 44.9. The summed E-state index contributed by atoms with van der Waals surface area (Å²) in [5.41, 5.74) is 12.8. The number of amides is 2. The van der Waals surface area contributed by atoms with Crippen molar-refractivity contribution in [3.05, 3.63) is 89.0 Å². The Morgan fingerprint density at radius 2 is 1.20 bits per heavy atom. The second-order valence-corrected chi connectivity index (χ2v) is 15.1. The maximum Gasteiger partial charge on any atom is 0.257 e. The van der Waals surface area contributed by atoms with Crippen LogP contribution < -0.4 is 29.6 Å². The van der Waals surface area contributed by atoms with Gasteiger partial charge in [0, 0.05) is 69.5 Å². The lowest BCUT2D eigenvalue weighted by molar-refractivity contribution is 0.0769. The van der Waals surface area contributed by atoms with Gasteiger partial charge in [0.1, 0.15) is 13.2 Å². The number of hydrogen-bond donors (Lipinski definition) is 1. The van der Waals surface area contributed by atoms with Crippen molar-refractivity contribution < 1.29 is 28.5 Å². The highest BCUT2D eigenvalue weighted by molar-refractivity contribution is 6.04. The summed E-state index contributed by atoms with van der Waals surface area (Å²) >= 11 is 0. The van der Waals surface area contributed by atoms with Gasteiger partial charge in [-0.2, -0.15) is 0 Å². The van der Waals surface area contributed by atoms with Crippen LogP contribution in [0.4, 0.5) is 17.1 Å². The third-order valence-electron chi connectivity index (χ3n) is 11.1. The van der Waals surface area contributed by atoms with Gasteiger partial charge in [-0.25, -0.2) is 0 Å². The van der Waals surface area contributed by atoms with Crippen molar-refractivity contribution in [2.45, 2.75) is 44.6 Å². The molecule has 2 amide bonds. The first-order valence-corrected chi connectivity index (χ1v) is 19.2. The van der Waals surface area contributed by atoms with E-state index >= 15 is 0 Å². The van der Waals surface area contributed by atoms with Gasteiger partial charge in [-0.05, 0) is 73.8 Å². The standard InChI is InChI=1S/C43H49N7O6/c1-27-12-32-21-45-36-19-40(38(53-3)17-34(36)42(51)49(32)23-27)55-25-29-14-30(16-31(15-29)48-10-8-47(9-11-48)7-5-6-44)26-56-41-20-37-35(18-39(41)54-4)43(52)50-24-28(2)13-33(50)22-46-37/h14-22,32-33H,1-2,5-13,23-26,44H2,3-4H3. The molecule has 5 heterocycles. The molecule has 5 aliphatic rings. The van der Waals surface area contributed by atoms with Gasteiger partial charge < -0.3 is 39.4 Å². The third kappa shape index (κ3) is 7.48. The first kappa shape index (κ1) is 37.3. The summed E-state index contributed by atoms with van der Waals surface area (Å²) in [6.07, 6.45) is 6.05. The molecule has 2 unspecified atom stereocenters. The van der Waals surface area contributed by atoms with E-state index in [4.69, 9.17) is 34.7 Å². The molecule has 2 N–H and O–H groups in total. The van der Waals surface area contributed by atoms with Crippen LogP contribution in [0.5, 0.6) is 23.0 Å². The van der Waals surface area contributed by atoms with Gasteiger partial charge in [-0.1, -0.05) is 24.3 Å². The van der Waals surface area contributed by atoms with Crippen LogP contribution in [-0.4, -0.2) is 118 Å². The molecule has 13 heteroatoms. The van der Waals surface area contributed by atoms with E-state index < -0.39 is 0 Å². The van der Waals surface area contributed by atoms with E-state index in [9.17, 15) is 9.59 Å². The van der Waals surface area contributed by atoms with Crippen LogP contribution in [0.1, 0.15) is 51.1 Å². The van der Waals surface area contributed by atoms with E-state index in [1.807, 2.05) is 12.4 Å². The molecule has 0 aromatic heterocycles. The summed E-state index contributed by atoms with van der Waals surface area (Å²) in [6, 6.07) is 13.2. The number of nitrogens with two attached hydrogens (primary N) is 1. The molecule has 3 saturated heterocycles. The van der Waals surface area contributed by atoms with E-state index in [1.165, 1.54) is 0 Å². The van der Waals surface area contributed by atoms with Gasteiger partial charge in [0.15, 0.2) is 23.0 Å². The van der Waals surface area contributed by atoms with E-state index in [1.54, 1.807) is 48.3 Å². The Labute approximate surface area is 327 Å². The molecule has 2 atom stereocenters. The van der Waals surface area contributed by atoms with Crippen LogP contribution >= 0.6 is 0 Å². The zero-order valence-corrected chi connectivity index (χ0v) is 32.2. The van der Waals surface area contributed by atoms with E-state index in [2.05, 4.69) is 41.2 Å². The molecule has 8 rings (SSSR count). The highest BCUT2D eigenvalue weighted by Gasteiger charge is 2.36. The number of aliphatic imine (C=N–C) groups is 2. The largest absolute Gasteiger partial charge is 0.493 e. The first-order chi connectivity index (χ1) is 27.2. The van der Waals surface area contributed by atoms with E-state index in [0.29, 0.717) is 78.0 Å². The Hall–Kier alpha value is -5.66. The molecule has 3 fully saturated rings. The molecule has 0 bridgehead atoms. The minimum atomic E-state index is -0.108. The Morgan fingerprint density at radius 3 is 1.66 bits per heavy atom. The van der Waals surface area contributed by atoms with Crippen LogP contribution in [0.3, 0.4) is 0 Å². The number of nitrogens with zero attached hydrogens (tertiary/aromatic N) is 6. The number of ether oxygens (including phenoxy) is 4. The Bertz CT molecular complexity index is 1990. The van der Waals surface area contributed by atoms with Crippen molar-refractivity contribution in [3.63, 3.8) is 0 Å². The molecular weight excluding hydrogens is 711 g/mol. The molecule has 13 nitrogen and oxygen atoms in total. The fourth-order valence-electron chi connectivity index (χ4n) is 8.17. The maximum atomic E-state index is 13.5. The monoisotopic (exact) mass is 759 g/mol. The van der Waals surface area contributed by atoms with Crippen molar-refractivity contribution in [1.82, 2.24) is 14.7 Å². The van der Waals surface area contributed by atoms with Crippen LogP contribution in [0.2, 0.25) is 0 Å². The van der Waals surface area contributed by atoms with Gasteiger partial charge >= 0.3 is 0 Å². The average molecular weight is 760 g/mol. The van der Waals surface area contributed by atoms with Crippen molar-refractivity contribution in [3.8, 4) is 23.0 Å². The van der Waals surface area contributed by atoms with Crippen LogP contribution in [0.15, 0.2) is 76.8 Å². The first-order valence-electron chi connectivity index (χ1n) is 19.2. The predicted octanol–water partition coefficient (Wildman–Crippen LogP) is 5.31. The number of piperazine rings is 1. The normalized spacial score (nSPS) is 20.4. The highest BCUT2D eigenvalue weighted by atomic mass is 16.5. The van der Waals surface area contributed by atoms with Crippen molar-refractivity contribution in [1.29, 1.82) is 0 Å². The van der Waals surface area contributed by atoms with Crippen LogP contribution in [-0.2, 0) is 13.2 Å². The number of rotatable bonds is 12. The lowest BCUT2D eigenvalue weighted by Gasteiger charge is -2.36. The quantitative estimate of drug-likeness (QED) is 0.244. The molecule has 5 aliphatic heterocycles. The van der Waals surface area contributed by atoms with Gasteiger partial charge in [-0.15, -0.1) is 0 Å². The lowest BCUT2D eigenvalue weighted by atomic mass is 10.1. The zero-order chi connectivity index (χ0) is 38.9. The van der Waals surface area contributed by atoms with Crippen LogP contribution in [0.25, 0.3) is 0 Å². The second-order valence-electron chi connectivity index (χ2n) is 15.1. The summed E-state index contributed by atoms with van der Waals surface area (Å²) in [6.45, 7) is 15.0. The Balaban J connectivity index is 1.05. The van der Waals surface area contributed by atoms with Gasteiger partial charge in [-0.3, -0.25) is 24.5 Å². The lowest BCUT2D eigenvalue weighted by Crippen LogP contribution is -2.47. The molecule has 292 valence electrons. The molecular formula is C43H49N7O6. The number of fused-ring (bicyclic) bond motifs is 4. The number of hydrogen-bond acceptors (Lipinski definition) is 11. The highest BCUT2D eigenvalue weighted by Crippen LogP contribution is 2.41. The molecule has 0 aliphatic carbocycles. The fourth-order valence-corrected chi connectivity index (χ4v) is 8.17. The van der Waals surface area contributed by atoms with E-state index in [-0.39, 0.29) is 37.1 Å². The number of anilines is 1. The zero-order valence-electron chi connectivity index (χ0n) is 32.2. The van der Waals surface area contributed by atoms with E-state index in [0.717, 1.165) is 67.1 Å². The second kappa shape index (κ2) is 15.8.